The van der Waals surface area contributed by atoms with Crippen molar-refractivity contribution in [1.29, 1.82) is 0 Å². The lowest BCUT2D eigenvalue weighted by Crippen LogP contribution is -2.09. The van der Waals surface area contributed by atoms with Crippen LogP contribution in [-0.4, -0.2) is 33.4 Å². The largest absolute Gasteiger partial charge is 0.497 e. The molecule has 0 fully saturated rings. The summed E-state index contributed by atoms with van der Waals surface area (Å²) < 4.78 is 14.9. The van der Waals surface area contributed by atoms with Gasteiger partial charge in [0, 0.05) is 13.5 Å². The number of hydrogen-bond donors (Lipinski definition) is 0. The second kappa shape index (κ2) is 7.68. The monoisotopic (exact) mass is 238 g/mol. The molecule has 0 bridgehead atoms. The van der Waals surface area contributed by atoms with Crippen LogP contribution < -0.4 is 4.74 Å². The van der Waals surface area contributed by atoms with E-state index in [9.17, 15) is 4.79 Å². The highest BCUT2D eigenvalue weighted by atomic mass is 16.5. The quantitative estimate of drug-likeness (QED) is 0.680. The molecule has 0 aliphatic heterocycles. The van der Waals surface area contributed by atoms with Gasteiger partial charge in [-0.25, -0.2) is 0 Å². The minimum absolute atomic E-state index is 0.222. The minimum atomic E-state index is -0.222. The Hall–Kier alpha value is -1.55. The highest BCUT2D eigenvalue weighted by Crippen LogP contribution is 2.11. The van der Waals surface area contributed by atoms with E-state index in [0.717, 1.165) is 11.3 Å². The van der Waals surface area contributed by atoms with E-state index in [1.807, 2.05) is 24.3 Å². The molecular formula is C13H18O4. The van der Waals surface area contributed by atoms with E-state index in [2.05, 4.69) is 0 Å². The molecule has 1 aromatic rings. The maximum absolute atomic E-state index is 11.2. The van der Waals surface area contributed by atoms with E-state index in [0.29, 0.717) is 26.1 Å². The van der Waals surface area contributed by atoms with Gasteiger partial charge in [0.15, 0.2) is 0 Å². The van der Waals surface area contributed by atoms with Crippen molar-refractivity contribution in [1.82, 2.24) is 0 Å². The Balaban J connectivity index is 2.23. The van der Waals surface area contributed by atoms with Crippen LogP contribution in [0.5, 0.6) is 5.75 Å². The van der Waals surface area contributed by atoms with Gasteiger partial charge in [-0.2, -0.15) is 0 Å². The Morgan fingerprint density at radius 3 is 2.41 bits per heavy atom. The van der Waals surface area contributed by atoms with Gasteiger partial charge in [0.25, 0.3) is 0 Å². The molecule has 4 heteroatoms. The first-order valence-corrected chi connectivity index (χ1v) is 5.53. The zero-order valence-corrected chi connectivity index (χ0v) is 10.3. The summed E-state index contributed by atoms with van der Waals surface area (Å²) in [6.45, 7) is 0.802. The molecule has 0 heterocycles. The number of benzene rings is 1. The third-order valence-corrected chi connectivity index (χ3v) is 2.32. The van der Waals surface area contributed by atoms with E-state index in [1.165, 1.54) is 0 Å². The van der Waals surface area contributed by atoms with Gasteiger partial charge in [-0.1, -0.05) is 12.1 Å². The lowest BCUT2D eigenvalue weighted by molar-refractivity contribution is -0.144. The SMILES string of the molecule is COCCC(=O)OCCc1ccc(OC)cc1. The molecule has 94 valence electrons. The van der Waals surface area contributed by atoms with Crippen LogP contribution in [0, 0.1) is 0 Å². The van der Waals surface area contributed by atoms with E-state index < -0.39 is 0 Å². The van der Waals surface area contributed by atoms with Crippen molar-refractivity contribution in [3.63, 3.8) is 0 Å². The molecule has 0 unspecified atom stereocenters. The van der Waals surface area contributed by atoms with Crippen LogP contribution in [-0.2, 0) is 20.7 Å². The van der Waals surface area contributed by atoms with Gasteiger partial charge in [0.1, 0.15) is 5.75 Å². The van der Waals surface area contributed by atoms with Crippen LogP contribution in [0.25, 0.3) is 0 Å². The maximum atomic E-state index is 11.2. The van der Waals surface area contributed by atoms with Crippen molar-refractivity contribution in [2.75, 3.05) is 27.4 Å². The first-order valence-electron chi connectivity index (χ1n) is 5.53. The highest BCUT2D eigenvalue weighted by Gasteiger charge is 2.02. The summed E-state index contributed by atoms with van der Waals surface area (Å²) in [5, 5.41) is 0. The third kappa shape index (κ3) is 5.36. The van der Waals surface area contributed by atoms with Gasteiger partial charge in [-0.05, 0) is 17.7 Å². The summed E-state index contributed by atoms with van der Waals surface area (Å²) in [4.78, 5) is 11.2. The summed E-state index contributed by atoms with van der Waals surface area (Å²) >= 11 is 0. The standard InChI is InChI=1S/C13H18O4/c1-15-9-8-13(14)17-10-7-11-3-5-12(16-2)6-4-11/h3-6H,7-10H2,1-2H3. The first-order chi connectivity index (χ1) is 8.26. The fourth-order valence-corrected chi connectivity index (χ4v) is 1.33. The molecule has 0 aromatic heterocycles. The van der Waals surface area contributed by atoms with E-state index in [-0.39, 0.29) is 5.97 Å². The van der Waals surface area contributed by atoms with E-state index in [4.69, 9.17) is 14.2 Å². The lowest BCUT2D eigenvalue weighted by Gasteiger charge is -2.05. The number of esters is 1. The molecule has 0 atom stereocenters. The molecule has 0 saturated carbocycles. The van der Waals surface area contributed by atoms with Crippen molar-refractivity contribution in [3.05, 3.63) is 29.8 Å². The van der Waals surface area contributed by atoms with Crippen molar-refractivity contribution in [2.45, 2.75) is 12.8 Å². The van der Waals surface area contributed by atoms with Crippen LogP contribution in [0.4, 0.5) is 0 Å². The fraction of sp³-hybridized carbons (Fsp3) is 0.462. The zero-order chi connectivity index (χ0) is 12.5. The van der Waals surface area contributed by atoms with Gasteiger partial charge in [0.2, 0.25) is 0 Å². The Morgan fingerprint density at radius 1 is 1.12 bits per heavy atom. The molecule has 0 radical (unpaired) electrons. The smallest absolute Gasteiger partial charge is 0.308 e. The molecule has 0 N–H and O–H groups in total. The van der Waals surface area contributed by atoms with Crippen LogP contribution in [0.3, 0.4) is 0 Å². The topological polar surface area (TPSA) is 44.8 Å². The molecule has 0 saturated heterocycles. The van der Waals surface area contributed by atoms with Crippen molar-refractivity contribution in [2.24, 2.45) is 0 Å². The minimum Gasteiger partial charge on any atom is -0.497 e. The second-order valence-electron chi connectivity index (χ2n) is 3.56. The van der Waals surface area contributed by atoms with E-state index >= 15 is 0 Å². The lowest BCUT2D eigenvalue weighted by atomic mass is 10.1. The number of methoxy groups -OCH3 is 2. The Bertz CT molecular complexity index is 332. The molecule has 0 spiro atoms. The molecule has 0 aliphatic rings. The van der Waals surface area contributed by atoms with Crippen molar-refractivity contribution in [3.8, 4) is 5.75 Å². The molecule has 4 nitrogen and oxygen atoms in total. The molecular weight excluding hydrogens is 220 g/mol. The van der Waals surface area contributed by atoms with Gasteiger partial charge in [-0.3, -0.25) is 4.79 Å². The number of rotatable bonds is 7. The number of carbonyl (C=O) groups is 1. The Morgan fingerprint density at radius 2 is 1.82 bits per heavy atom. The van der Waals surface area contributed by atoms with Crippen LogP contribution in [0.1, 0.15) is 12.0 Å². The summed E-state index contributed by atoms with van der Waals surface area (Å²) in [5.74, 6) is 0.603. The van der Waals surface area contributed by atoms with Gasteiger partial charge in [0.05, 0.1) is 26.7 Å². The van der Waals surface area contributed by atoms with Crippen LogP contribution in [0.15, 0.2) is 24.3 Å². The van der Waals surface area contributed by atoms with Crippen LogP contribution >= 0.6 is 0 Å². The molecule has 0 aliphatic carbocycles. The Kier molecular flexibility index (Phi) is 6.10. The first kappa shape index (κ1) is 13.5. The van der Waals surface area contributed by atoms with Gasteiger partial charge in [-0.15, -0.1) is 0 Å². The van der Waals surface area contributed by atoms with Gasteiger partial charge < -0.3 is 14.2 Å². The van der Waals surface area contributed by atoms with Crippen molar-refractivity contribution < 1.29 is 19.0 Å². The van der Waals surface area contributed by atoms with Crippen molar-refractivity contribution >= 4 is 5.97 Å². The average Bonchev–Trinajstić information content (AvgIpc) is 2.37. The molecule has 17 heavy (non-hydrogen) atoms. The zero-order valence-electron chi connectivity index (χ0n) is 10.3. The van der Waals surface area contributed by atoms with E-state index in [1.54, 1.807) is 14.2 Å². The van der Waals surface area contributed by atoms with Gasteiger partial charge >= 0.3 is 5.97 Å². The number of hydrogen-bond acceptors (Lipinski definition) is 4. The summed E-state index contributed by atoms with van der Waals surface area (Å²) in [5.41, 5.74) is 1.12. The fourth-order valence-electron chi connectivity index (χ4n) is 1.33. The number of ether oxygens (including phenoxy) is 3. The summed E-state index contributed by atoms with van der Waals surface area (Å²) in [6.07, 6.45) is 1.02. The third-order valence-electron chi connectivity index (χ3n) is 2.32. The summed E-state index contributed by atoms with van der Waals surface area (Å²) in [7, 11) is 3.19. The second-order valence-corrected chi connectivity index (χ2v) is 3.56. The predicted octanol–water partition coefficient (Wildman–Crippen LogP) is 1.82. The maximum Gasteiger partial charge on any atom is 0.308 e. The average molecular weight is 238 g/mol. The summed E-state index contributed by atoms with van der Waals surface area (Å²) in [6, 6.07) is 7.70. The highest BCUT2D eigenvalue weighted by molar-refractivity contribution is 5.69. The van der Waals surface area contributed by atoms with Crippen LogP contribution in [0.2, 0.25) is 0 Å². The molecule has 1 aromatic carbocycles. The predicted molar refractivity (Wildman–Crippen MR) is 64.2 cm³/mol. The Labute approximate surface area is 101 Å². The normalized spacial score (nSPS) is 10.0. The molecule has 0 amide bonds. The molecule has 1 rings (SSSR count). The number of carbonyl (C=O) groups excluding carboxylic acids is 1.